The Morgan fingerprint density at radius 1 is 0.381 bits per heavy atom. The van der Waals surface area contributed by atoms with Crippen LogP contribution < -0.4 is 26.2 Å². The molecule has 0 spiro atoms. The van der Waals surface area contributed by atoms with Crippen LogP contribution in [0.3, 0.4) is 0 Å². The summed E-state index contributed by atoms with van der Waals surface area (Å²) in [5.74, 6) is -6.67. The van der Waals surface area contributed by atoms with Crippen LogP contribution in [-0.4, -0.2) is 92.2 Å². The first-order valence-corrected chi connectivity index (χ1v) is 37.0. The molecule has 28 heteroatoms. The van der Waals surface area contributed by atoms with Crippen LogP contribution in [0.25, 0.3) is 41.8 Å². The third kappa shape index (κ3) is 19.9. The lowest BCUT2D eigenvalue weighted by molar-refractivity contribution is 0.0688. The summed E-state index contributed by atoms with van der Waals surface area (Å²) in [6, 6.07) is 49.8. The van der Waals surface area contributed by atoms with Crippen molar-refractivity contribution in [3.8, 4) is 53.3 Å². The van der Waals surface area contributed by atoms with Crippen LogP contribution >= 0.6 is 112 Å². The second-order valence-electron chi connectivity index (χ2n) is 22.9. The third-order valence-electron chi connectivity index (χ3n) is 15.2. The third-order valence-corrected chi connectivity index (χ3v) is 21.2. The van der Waals surface area contributed by atoms with E-state index in [0.29, 0.717) is 51.3 Å². The molecule has 0 aliphatic heterocycles. The Morgan fingerprint density at radius 2 is 0.733 bits per heavy atom. The van der Waals surface area contributed by atoms with E-state index in [4.69, 9.17) is 34.8 Å². The van der Waals surface area contributed by atoms with Gasteiger partial charge in [0.05, 0.1) is 58.4 Å². The van der Waals surface area contributed by atoms with E-state index in [-0.39, 0.29) is 79.4 Å². The van der Waals surface area contributed by atoms with Crippen molar-refractivity contribution in [3.63, 3.8) is 0 Å². The summed E-state index contributed by atoms with van der Waals surface area (Å²) >= 11 is 29.7. The number of nitrogens with zero attached hydrogens (tertiary/aromatic N) is 1. The predicted octanol–water partition coefficient (Wildman–Crippen LogP) is 21.4. The monoisotopic (exact) mass is 1670 g/mol. The summed E-state index contributed by atoms with van der Waals surface area (Å²) in [4.78, 5) is 101. The minimum Gasteiger partial charge on any atom is -0.507 e. The Hall–Kier alpha value is -10.5. The molecule has 10 N–H and O–H groups in total. The summed E-state index contributed by atoms with van der Waals surface area (Å²) in [6.45, 7) is 5.49. The van der Waals surface area contributed by atoms with E-state index in [2.05, 4.69) is 53.1 Å². The second-order valence-corrected chi connectivity index (χ2v) is 29.6. The van der Waals surface area contributed by atoms with Gasteiger partial charge in [-0.2, -0.15) is 0 Å². The number of carboxylic acids is 4. The highest BCUT2D eigenvalue weighted by molar-refractivity contribution is 9.10. The number of aromatic carboxylic acids is 4. The second kappa shape index (κ2) is 35.4. The van der Waals surface area contributed by atoms with Gasteiger partial charge in [0, 0.05) is 77.0 Å². The number of amides is 4. The highest BCUT2D eigenvalue weighted by Crippen LogP contribution is 2.43. The minimum absolute atomic E-state index is 0.00696. The topological polar surface area (TPSA) is 309 Å². The average Bonchev–Trinajstić information content (AvgIpc) is 1.68. The molecule has 4 amide bonds. The summed E-state index contributed by atoms with van der Waals surface area (Å²) in [5, 5.41) is 76.8. The van der Waals surface area contributed by atoms with Gasteiger partial charge < -0.3 is 56.8 Å². The number of nitrogens with one attached hydrogen (secondary N) is 4. The molecule has 0 aliphatic carbocycles. The Balaban J connectivity index is 0.000000162. The molecule has 0 bridgehead atoms. The van der Waals surface area contributed by atoms with Gasteiger partial charge in [0.2, 0.25) is 0 Å². The maximum absolute atomic E-state index is 12.6. The van der Waals surface area contributed by atoms with Crippen molar-refractivity contribution in [3.05, 3.63) is 283 Å². The van der Waals surface area contributed by atoms with Crippen molar-refractivity contribution >= 4 is 188 Å². The summed E-state index contributed by atoms with van der Waals surface area (Å²) in [7, 11) is 3.81. The zero-order valence-electron chi connectivity index (χ0n) is 55.5. The van der Waals surface area contributed by atoms with E-state index in [9.17, 15) is 69.0 Å². The molecule has 12 rings (SSSR count). The van der Waals surface area contributed by atoms with Gasteiger partial charge in [0.1, 0.15) is 33.8 Å². The molecule has 12 aromatic rings. The van der Waals surface area contributed by atoms with Crippen molar-refractivity contribution in [1.82, 2.24) is 0 Å². The number of hydrogen-bond donors (Lipinski definition) is 10. The van der Waals surface area contributed by atoms with Gasteiger partial charge in [0.25, 0.3) is 23.6 Å². The Bertz CT molecular complexity index is 5130. The van der Waals surface area contributed by atoms with Crippen molar-refractivity contribution in [2.24, 2.45) is 0 Å². The van der Waals surface area contributed by atoms with Crippen LogP contribution in [0.15, 0.2) is 206 Å². The molecule has 8 aromatic carbocycles. The number of aromatic hydroxyl groups is 2. The number of thiophene rings is 4. The molecule has 0 saturated carbocycles. The van der Waals surface area contributed by atoms with Gasteiger partial charge in [-0.3, -0.25) is 19.2 Å². The summed E-state index contributed by atoms with van der Waals surface area (Å²) in [6.07, 6.45) is 0. The number of phenols is 2. The van der Waals surface area contributed by atoms with Crippen LogP contribution in [0.5, 0.6) is 11.5 Å². The molecule has 534 valence electrons. The average molecular weight is 1670 g/mol. The molecule has 0 unspecified atom stereocenters. The first-order chi connectivity index (χ1) is 50.0. The fourth-order valence-electron chi connectivity index (χ4n) is 10.1. The molecule has 4 aromatic heterocycles. The van der Waals surface area contributed by atoms with Gasteiger partial charge >= 0.3 is 23.9 Å². The highest BCUT2D eigenvalue weighted by atomic mass is 79.9. The van der Waals surface area contributed by atoms with Crippen LogP contribution in [0.1, 0.15) is 99.6 Å². The minimum atomic E-state index is -1.15. The lowest BCUT2D eigenvalue weighted by Gasteiger charge is -2.12. The highest BCUT2D eigenvalue weighted by Gasteiger charge is 2.27. The van der Waals surface area contributed by atoms with E-state index in [0.717, 1.165) is 48.0 Å². The maximum atomic E-state index is 12.6. The fraction of sp³-hybridized carbons (Fsp3) is 0.0649. The number of phenolic OH excluding ortho intramolecular Hbond substituents is 2. The molecule has 19 nitrogen and oxygen atoms in total. The summed E-state index contributed by atoms with van der Waals surface area (Å²) in [5.41, 5.74) is 8.44. The number of benzene rings is 8. The van der Waals surface area contributed by atoms with Gasteiger partial charge in [-0.15, -0.1) is 45.3 Å². The van der Waals surface area contributed by atoms with Crippen LogP contribution in [0.4, 0.5) is 28.4 Å². The van der Waals surface area contributed by atoms with Crippen molar-refractivity contribution in [2.45, 2.75) is 20.8 Å². The molecule has 0 aliphatic rings. The first-order valence-electron chi connectivity index (χ1n) is 30.8. The molecule has 0 saturated heterocycles. The lowest BCUT2D eigenvalue weighted by atomic mass is 10.1. The normalized spacial score (nSPS) is 10.5. The van der Waals surface area contributed by atoms with Gasteiger partial charge in [-0.05, 0) is 158 Å². The quantitative estimate of drug-likeness (QED) is 0.0405. The maximum Gasteiger partial charge on any atom is 0.339 e. The standard InChI is InChI=1S/C20H16Cl2N2O3S.2C19H14BrNO4S.C19H14ClNO3S/c1-24(2)13-6-3-11(4-7-13)19(25)23-16-10-28-18(17(16)20(26)27)14-8-5-12(21)9-15(14)22;2*1-10-2-7-13(15(22)8-10)18(23)21-14-9-26-17(16(14)19(24)25)11-3-5-12(20)6-4-11;1-11-3-2-4-13(9-11)18(22)21-15-10-25-17(16(15)19(23)24)12-5-7-14(20)8-6-12/h3-10H,1-2H3,(H,23,25)(H,26,27);2*2-9,22H,1H3,(H,21,23)(H,24,25);2-10H,1H3,(H,21,22)(H,23,24). The number of rotatable bonds is 17. The zero-order chi connectivity index (χ0) is 76.1. The van der Waals surface area contributed by atoms with E-state index in [1.807, 2.05) is 68.4 Å². The van der Waals surface area contributed by atoms with E-state index in [1.165, 1.54) is 69.6 Å². The number of carbonyl (C=O) groups is 8. The van der Waals surface area contributed by atoms with Gasteiger partial charge in [-0.1, -0.05) is 139 Å². The molecule has 4 heterocycles. The largest absolute Gasteiger partial charge is 0.507 e. The first kappa shape index (κ1) is 78.7. The van der Waals surface area contributed by atoms with Gasteiger partial charge in [0.15, 0.2) is 0 Å². The molecule has 0 radical (unpaired) electrons. The number of carbonyl (C=O) groups excluding carboxylic acids is 4. The van der Waals surface area contributed by atoms with Crippen molar-refractivity contribution in [1.29, 1.82) is 0 Å². The number of halogens is 5. The van der Waals surface area contributed by atoms with Gasteiger partial charge in [-0.25, -0.2) is 19.2 Å². The van der Waals surface area contributed by atoms with Crippen LogP contribution in [0.2, 0.25) is 15.1 Å². The van der Waals surface area contributed by atoms with E-state index >= 15 is 0 Å². The molecule has 0 atom stereocenters. The van der Waals surface area contributed by atoms with E-state index < -0.39 is 35.7 Å². The number of hydrogen-bond acceptors (Lipinski definition) is 15. The van der Waals surface area contributed by atoms with Crippen molar-refractivity contribution < 1.29 is 69.0 Å². The molecular weight excluding hydrogens is 1610 g/mol. The van der Waals surface area contributed by atoms with Crippen LogP contribution in [-0.2, 0) is 0 Å². The number of carboxylic acid groups (broad SMARTS) is 4. The van der Waals surface area contributed by atoms with E-state index in [1.54, 1.807) is 145 Å². The fourth-order valence-corrected chi connectivity index (χ4v) is 15.3. The summed E-state index contributed by atoms with van der Waals surface area (Å²) < 4.78 is 1.77. The Kier molecular flexibility index (Phi) is 26.5. The zero-order valence-corrected chi connectivity index (χ0v) is 64.2. The lowest BCUT2D eigenvalue weighted by Crippen LogP contribution is -2.14. The Labute approximate surface area is 648 Å². The number of anilines is 5. The molecular formula is C77H58Br2Cl3N5O14S4. The molecule has 0 fully saturated rings. The SMILES string of the molecule is CN(C)c1ccc(C(=O)Nc2csc(-c3ccc(Cl)cc3Cl)c2C(=O)O)cc1.Cc1ccc(C(=O)Nc2csc(-c3ccc(Br)cc3)c2C(=O)O)c(O)c1.Cc1ccc(C(=O)Nc2csc(-c3ccc(Br)cc3)c2C(=O)O)c(O)c1.Cc1cccc(C(=O)Nc2csc(-c3ccc(Cl)cc3)c2C(=O)O)c1. The smallest absolute Gasteiger partial charge is 0.339 e. The van der Waals surface area contributed by atoms with Crippen molar-refractivity contribution in [2.75, 3.05) is 40.3 Å². The molecule has 105 heavy (non-hydrogen) atoms. The number of aryl methyl sites for hydroxylation is 3. The predicted molar refractivity (Wildman–Crippen MR) is 427 cm³/mol. The Morgan fingerprint density at radius 3 is 1.10 bits per heavy atom. The van der Waals surface area contributed by atoms with Crippen LogP contribution in [0, 0.1) is 20.8 Å².